The van der Waals surface area contributed by atoms with Gasteiger partial charge in [-0.1, -0.05) is 6.07 Å². The first-order chi connectivity index (χ1) is 10.6. The quantitative estimate of drug-likeness (QED) is 0.893. The molecule has 0 bridgehead atoms. The average molecular weight is 307 g/mol. The SMILES string of the molecule is COc1cccc(OC)c1CC(=O)N1CCC[C@H](C(=O)O)C1. The maximum absolute atomic E-state index is 12.5. The molecule has 1 fully saturated rings. The van der Waals surface area contributed by atoms with Crippen LogP contribution in [0.5, 0.6) is 11.5 Å². The Bertz CT molecular complexity index is 535. The van der Waals surface area contributed by atoms with Gasteiger partial charge in [-0.15, -0.1) is 0 Å². The van der Waals surface area contributed by atoms with Crippen LogP contribution in [0.2, 0.25) is 0 Å². The van der Waals surface area contributed by atoms with Crippen molar-refractivity contribution in [3.05, 3.63) is 23.8 Å². The van der Waals surface area contributed by atoms with Crippen LogP contribution < -0.4 is 9.47 Å². The van der Waals surface area contributed by atoms with E-state index in [1.165, 1.54) is 0 Å². The molecule has 1 aromatic rings. The van der Waals surface area contributed by atoms with E-state index in [4.69, 9.17) is 14.6 Å². The molecular weight excluding hydrogens is 286 g/mol. The summed E-state index contributed by atoms with van der Waals surface area (Å²) >= 11 is 0. The number of likely N-dealkylation sites (tertiary alicyclic amines) is 1. The van der Waals surface area contributed by atoms with Crippen LogP contribution in [0, 0.1) is 5.92 Å². The Hall–Kier alpha value is -2.24. The van der Waals surface area contributed by atoms with Gasteiger partial charge >= 0.3 is 5.97 Å². The molecule has 0 spiro atoms. The number of hydrogen-bond donors (Lipinski definition) is 1. The molecular formula is C16H21NO5. The highest BCUT2D eigenvalue weighted by molar-refractivity contribution is 5.81. The van der Waals surface area contributed by atoms with Crippen molar-refractivity contribution in [2.24, 2.45) is 5.92 Å². The Morgan fingerprint density at radius 1 is 1.27 bits per heavy atom. The molecule has 0 unspecified atom stereocenters. The number of carboxylic acids is 1. The first-order valence-electron chi connectivity index (χ1n) is 7.27. The van der Waals surface area contributed by atoms with E-state index in [-0.39, 0.29) is 18.9 Å². The highest BCUT2D eigenvalue weighted by Gasteiger charge is 2.28. The third-order valence-corrected chi connectivity index (χ3v) is 3.98. The molecule has 1 aliphatic heterocycles. The van der Waals surface area contributed by atoms with Crippen molar-refractivity contribution in [2.75, 3.05) is 27.3 Å². The molecule has 120 valence electrons. The van der Waals surface area contributed by atoms with Crippen molar-refractivity contribution in [2.45, 2.75) is 19.3 Å². The van der Waals surface area contributed by atoms with Crippen LogP contribution in [0.15, 0.2) is 18.2 Å². The van der Waals surface area contributed by atoms with Crippen molar-refractivity contribution in [3.63, 3.8) is 0 Å². The zero-order valence-electron chi connectivity index (χ0n) is 12.9. The van der Waals surface area contributed by atoms with E-state index in [0.717, 1.165) is 0 Å². The van der Waals surface area contributed by atoms with Crippen LogP contribution in [0.1, 0.15) is 18.4 Å². The van der Waals surface area contributed by atoms with Gasteiger partial charge < -0.3 is 19.5 Å². The molecule has 1 heterocycles. The van der Waals surface area contributed by atoms with Gasteiger partial charge in [0.1, 0.15) is 11.5 Å². The standard InChI is InChI=1S/C16H21NO5/c1-21-13-6-3-7-14(22-2)12(13)9-15(18)17-8-4-5-11(10-17)16(19)20/h3,6-7,11H,4-5,8-10H2,1-2H3,(H,19,20)/t11-/m0/s1. The van der Waals surface area contributed by atoms with Gasteiger partial charge in [0.2, 0.25) is 5.91 Å². The lowest BCUT2D eigenvalue weighted by Crippen LogP contribution is -2.43. The van der Waals surface area contributed by atoms with E-state index < -0.39 is 11.9 Å². The second kappa shape index (κ2) is 7.15. The topological polar surface area (TPSA) is 76.1 Å². The summed E-state index contributed by atoms with van der Waals surface area (Å²) in [7, 11) is 3.09. The van der Waals surface area contributed by atoms with E-state index >= 15 is 0 Å². The van der Waals surface area contributed by atoms with Crippen molar-refractivity contribution >= 4 is 11.9 Å². The normalized spacial score (nSPS) is 17.9. The minimum Gasteiger partial charge on any atom is -0.496 e. The second-order valence-electron chi connectivity index (χ2n) is 5.34. The third kappa shape index (κ3) is 3.50. The number of aliphatic carboxylic acids is 1. The molecule has 1 N–H and O–H groups in total. The molecule has 1 saturated heterocycles. The zero-order valence-corrected chi connectivity index (χ0v) is 12.9. The molecule has 0 saturated carbocycles. The van der Waals surface area contributed by atoms with Gasteiger partial charge in [-0.2, -0.15) is 0 Å². The van der Waals surface area contributed by atoms with Gasteiger partial charge in [-0.3, -0.25) is 9.59 Å². The van der Waals surface area contributed by atoms with Gasteiger partial charge in [-0.25, -0.2) is 0 Å². The molecule has 1 aromatic carbocycles. The summed E-state index contributed by atoms with van der Waals surface area (Å²) in [5, 5.41) is 9.11. The predicted octanol–water partition coefficient (Wildman–Crippen LogP) is 1.57. The lowest BCUT2D eigenvalue weighted by atomic mass is 9.97. The highest BCUT2D eigenvalue weighted by atomic mass is 16.5. The Balaban J connectivity index is 2.13. The van der Waals surface area contributed by atoms with E-state index in [0.29, 0.717) is 36.4 Å². The van der Waals surface area contributed by atoms with Gasteiger partial charge in [0.25, 0.3) is 0 Å². The summed E-state index contributed by atoms with van der Waals surface area (Å²) in [6.07, 6.45) is 1.47. The Morgan fingerprint density at radius 3 is 2.45 bits per heavy atom. The second-order valence-corrected chi connectivity index (χ2v) is 5.34. The Kier molecular flexibility index (Phi) is 5.25. The summed E-state index contributed by atoms with van der Waals surface area (Å²) in [6, 6.07) is 5.36. The van der Waals surface area contributed by atoms with Gasteiger partial charge in [0.05, 0.1) is 26.6 Å². The fourth-order valence-corrected chi connectivity index (χ4v) is 2.77. The average Bonchev–Trinajstić information content (AvgIpc) is 2.55. The number of carbonyl (C=O) groups excluding carboxylic acids is 1. The van der Waals surface area contributed by atoms with Crippen LogP contribution in [0.3, 0.4) is 0 Å². The number of piperidine rings is 1. The molecule has 22 heavy (non-hydrogen) atoms. The van der Waals surface area contributed by atoms with Crippen LogP contribution >= 0.6 is 0 Å². The number of carboxylic acid groups (broad SMARTS) is 1. The van der Waals surface area contributed by atoms with E-state index in [1.807, 2.05) is 0 Å². The van der Waals surface area contributed by atoms with E-state index in [2.05, 4.69) is 0 Å². The summed E-state index contributed by atoms with van der Waals surface area (Å²) in [6.45, 7) is 0.867. The first kappa shape index (κ1) is 16.1. The predicted molar refractivity (Wildman–Crippen MR) is 80.2 cm³/mol. The zero-order chi connectivity index (χ0) is 16.1. The fraction of sp³-hybridized carbons (Fsp3) is 0.500. The fourth-order valence-electron chi connectivity index (χ4n) is 2.77. The monoisotopic (exact) mass is 307 g/mol. The van der Waals surface area contributed by atoms with Gasteiger partial charge in [-0.05, 0) is 25.0 Å². The Morgan fingerprint density at radius 2 is 1.91 bits per heavy atom. The molecule has 0 aromatic heterocycles. The van der Waals surface area contributed by atoms with Gasteiger partial charge in [0, 0.05) is 18.7 Å². The summed E-state index contributed by atoms with van der Waals surface area (Å²) in [5.41, 5.74) is 0.690. The number of hydrogen-bond acceptors (Lipinski definition) is 4. The summed E-state index contributed by atoms with van der Waals surface area (Å²) < 4.78 is 10.6. The lowest BCUT2D eigenvalue weighted by molar-refractivity contribution is -0.145. The lowest BCUT2D eigenvalue weighted by Gasteiger charge is -2.31. The largest absolute Gasteiger partial charge is 0.496 e. The van der Waals surface area contributed by atoms with Crippen molar-refractivity contribution in [1.82, 2.24) is 4.90 Å². The minimum absolute atomic E-state index is 0.103. The number of amides is 1. The van der Waals surface area contributed by atoms with Gasteiger partial charge in [0.15, 0.2) is 0 Å². The molecule has 2 rings (SSSR count). The third-order valence-electron chi connectivity index (χ3n) is 3.98. The molecule has 6 nitrogen and oxygen atoms in total. The number of benzene rings is 1. The smallest absolute Gasteiger partial charge is 0.308 e. The van der Waals surface area contributed by atoms with Crippen LogP contribution in [-0.4, -0.2) is 49.2 Å². The summed E-state index contributed by atoms with van der Waals surface area (Å²) in [5.74, 6) is -0.225. The number of carbonyl (C=O) groups is 2. The molecule has 1 atom stereocenters. The van der Waals surface area contributed by atoms with Crippen LogP contribution in [0.25, 0.3) is 0 Å². The van der Waals surface area contributed by atoms with Crippen molar-refractivity contribution < 1.29 is 24.2 Å². The molecule has 6 heteroatoms. The number of methoxy groups -OCH3 is 2. The molecule has 0 aliphatic carbocycles. The minimum atomic E-state index is -0.840. The highest BCUT2D eigenvalue weighted by Crippen LogP contribution is 2.29. The molecule has 1 amide bonds. The van der Waals surface area contributed by atoms with Crippen molar-refractivity contribution in [1.29, 1.82) is 0 Å². The van der Waals surface area contributed by atoms with Crippen LogP contribution in [-0.2, 0) is 16.0 Å². The number of nitrogens with zero attached hydrogens (tertiary/aromatic N) is 1. The van der Waals surface area contributed by atoms with Crippen LogP contribution in [0.4, 0.5) is 0 Å². The first-order valence-corrected chi connectivity index (χ1v) is 7.27. The number of rotatable bonds is 5. The summed E-state index contributed by atoms with van der Waals surface area (Å²) in [4.78, 5) is 25.2. The molecule has 0 radical (unpaired) electrons. The van der Waals surface area contributed by atoms with Crippen molar-refractivity contribution in [3.8, 4) is 11.5 Å². The van der Waals surface area contributed by atoms with E-state index in [1.54, 1.807) is 37.3 Å². The Labute approximate surface area is 129 Å². The molecule has 1 aliphatic rings. The number of ether oxygens (including phenoxy) is 2. The van der Waals surface area contributed by atoms with E-state index in [9.17, 15) is 9.59 Å². The maximum Gasteiger partial charge on any atom is 0.308 e. The maximum atomic E-state index is 12.5.